The second-order valence-electron chi connectivity index (χ2n) is 9.97. The summed E-state index contributed by atoms with van der Waals surface area (Å²) in [7, 11) is 0. The van der Waals surface area contributed by atoms with Crippen molar-refractivity contribution in [2.75, 3.05) is 13.2 Å². The number of imide groups is 1. The molecular formula is C27H21ClN2O8. The lowest BCUT2D eigenvalue weighted by molar-refractivity contribution is -0.385. The molecule has 10 nitrogen and oxygen atoms in total. The Bertz CT molecular complexity index is 1380. The van der Waals surface area contributed by atoms with Crippen molar-refractivity contribution >= 4 is 40.9 Å². The van der Waals surface area contributed by atoms with E-state index in [0.29, 0.717) is 11.8 Å². The largest absolute Gasteiger partial charge is 0.456 e. The predicted molar refractivity (Wildman–Crippen MR) is 131 cm³/mol. The van der Waals surface area contributed by atoms with Gasteiger partial charge in [-0.25, -0.2) is 0 Å². The van der Waals surface area contributed by atoms with Crippen LogP contribution in [-0.4, -0.2) is 46.5 Å². The molecule has 5 aliphatic rings. The molecule has 1 saturated heterocycles. The average molecular weight is 537 g/mol. The molecule has 1 heterocycles. The Balaban J connectivity index is 1.04. The summed E-state index contributed by atoms with van der Waals surface area (Å²) in [6, 6.07) is 9.84. The average Bonchev–Trinajstić information content (AvgIpc) is 3.69. The molecule has 3 fully saturated rings. The number of nitro benzene ring substituents is 1. The van der Waals surface area contributed by atoms with Crippen LogP contribution in [0.4, 0.5) is 5.69 Å². The van der Waals surface area contributed by atoms with Crippen LogP contribution in [0.15, 0.2) is 54.6 Å². The summed E-state index contributed by atoms with van der Waals surface area (Å²) >= 11 is 6.04. The molecule has 2 amide bonds. The van der Waals surface area contributed by atoms with Gasteiger partial charge < -0.3 is 9.47 Å². The van der Waals surface area contributed by atoms with Crippen molar-refractivity contribution in [1.29, 1.82) is 0 Å². The van der Waals surface area contributed by atoms with Gasteiger partial charge >= 0.3 is 11.7 Å². The molecule has 2 aromatic carbocycles. The molecule has 6 atom stereocenters. The third-order valence-corrected chi connectivity index (χ3v) is 8.24. The second kappa shape index (κ2) is 9.05. The highest BCUT2D eigenvalue weighted by Crippen LogP contribution is 2.65. The summed E-state index contributed by atoms with van der Waals surface area (Å²) in [4.78, 5) is 62.5. The van der Waals surface area contributed by atoms with Crippen LogP contribution in [-0.2, 0) is 19.1 Å². The number of ether oxygens (including phenoxy) is 2. The smallest absolute Gasteiger partial charge is 0.326 e. The number of carbonyl (C=O) groups is 4. The molecule has 7 rings (SSSR count). The summed E-state index contributed by atoms with van der Waals surface area (Å²) < 4.78 is 10.6. The maximum absolute atomic E-state index is 13.0. The van der Waals surface area contributed by atoms with Crippen LogP contribution >= 0.6 is 11.6 Å². The number of hydrogen-bond acceptors (Lipinski definition) is 8. The molecule has 0 unspecified atom stereocenters. The normalized spacial score (nSPS) is 28.1. The summed E-state index contributed by atoms with van der Waals surface area (Å²) in [5, 5.41) is 11.3. The quantitative estimate of drug-likeness (QED) is 0.124. The SMILES string of the molecule is O=C(CN1C(=O)[C@@H]2[C@@H]3C=C[C@H]([C@H]4C[C@H]34)[C@@H]2C1=O)OCC(=O)c1ccc(Oc2c(Cl)cccc2[N+](=O)[O-])cc1. The lowest BCUT2D eigenvalue weighted by atomic mass is 9.63. The standard InChI is InChI=1S/C27H21ClN2O8/c28-19-2-1-3-20(30(35)36)25(19)38-14-6-4-13(5-7-14)21(31)12-37-22(32)11-29-26(33)23-15-8-9-16(18-10-17(15)18)24(23)27(29)34/h1-9,15-18,23-24H,10-12H2/t15-,16-,17-,18-,23-,24+/m1/s1. The van der Waals surface area contributed by atoms with E-state index in [1.807, 2.05) is 0 Å². The molecule has 38 heavy (non-hydrogen) atoms. The number of esters is 1. The van der Waals surface area contributed by atoms with Crippen LogP contribution in [0, 0.1) is 45.6 Å². The van der Waals surface area contributed by atoms with Gasteiger partial charge in [0.2, 0.25) is 17.6 Å². The van der Waals surface area contributed by atoms with Crippen molar-refractivity contribution in [2.24, 2.45) is 35.5 Å². The van der Waals surface area contributed by atoms with Crippen LogP contribution < -0.4 is 4.74 Å². The first-order chi connectivity index (χ1) is 18.2. The highest BCUT2D eigenvalue weighted by atomic mass is 35.5. The monoisotopic (exact) mass is 536 g/mol. The van der Waals surface area contributed by atoms with Crippen molar-refractivity contribution < 1.29 is 33.6 Å². The lowest BCUT2D eigenvalue weighted by Crippen LogP contribution is -2.40. The minimum Gasteiger partial charge on any atom is -0.456 e. The van der Waals surface area contributed by atoms with Gasteiger partial charge in [0.15, 0.2) is 12.4 Å². The maximum Gasteiger partial charge on any atom is 0.326 e. The zero-order valence-electron chi connectivity index (χ0n) is 19.8. The third-order valence-electron chi connectivity index (χ3n) is 7.94. The van der Waals surface area contributed by atoms with Gasteiger partial charge in [0.25, 0.3) is 0 Å². The van der Waals surface area contributed by atoms with Gasteiger partial charge in [0.05, 0.1) is 21.8 Å². The molecule has 194 valence electrons. The van der Waals surface area contributed by atoms with Crippen LogP contribution in [0.1, 0.15) is 16.8 Å². The van der Waals surface area contributed by atoms with Crippen molar-refractivity contribution in [3.63, 3.8) is 0 Å². The second-order valence-corrected chi connectivity index (χ2v) is 10.4. The van der Waals surface area contributed by atoms with Crippen molar-refractivity contribution in [2.45, 2.75) is 6.42 Å². The van der Waals surface area contributed by atoms with E-state index in [1.165, 1.54) is 42.5 Å². The number of nitrogens with zero attached hydrogens (tertiary/aromatic N) is 2. The van der Waals surface area contributed by atoms with E-state index >= 15 is 0 Å². The number of para-hydroxylation sites is 1. The Morgan fingerprint density at radius 1 is 1.00 bits per heavy atom. The molecule has 2 aromatic rings. The zero-order valence-corrected chi connectivity index (χ0v) is 20.6. The molecular weight excluding hydrogens is 516 g/mol. The summed E-state index contributed by atoms with van der Waals surface area (Å²) in [5.41, 5.74) is -0.0977. The summed E-state index contributed by atoms with van der Waals surface area (Å²) in [5.74, 6) is -1.68. The van der Waals surface area contributed by atoms with Crippen LogP contribution in [0.3, 0.4) is 0 Å². The number of amides is 2. The molecule has 1 aliphatic heterocycles. The molecule has 2 bridgehead atoms. The number of carbonyl (C=O) groups excluding carboxylic acids is 4. The van der Waals surface area contributed by atoms with Crippen LogP contribution in [0.25, 0.3) is 0 Å². The predicted octanol–water partition coefficient (Wildman–Crippen LogP) is 3.82. The van der Waals surface area contributed by atoms with Gasteiger partial charge in [-0.05, 0) is 60.4 Å². The van der Waals surface area contributed by atoms with Crippen molar-refractivity contribution in [1.82, 2.24) is 4.90 Å². The lowest BCUT2D eigenvalue weighted by Gasteiger charge is -2.37. The Hall–Kier alpha value is -4.05. The summed E-state index contributed by atoms with van der Waals surface area (Å²) in [6.45, 7) is -1.09. The number of hydrogen-bond donors (Lipinski definition) is 0. The first kappa shape index (κ1) is 24.3. The Labute approximate surface area is 221 Å². The molecule has 0 radical (unpaired) electrons. The number of likely N-dealkylation sites (tertiary alicyclic amines) is 1. The number of ketones is 1. The topological polar surface area (TPSA) is 133 Å². The fourth-order valence-electron chi connectivity index (χ4n) is 6.15. The van der Waals surface area contributed by atoms with Gasteiger partial charge in [0.1, 0.15) is 12.3 Å². The Kier molecular flexibility index (Phi) is 5.79. The van der Waals surface area contributed by atoms with Crippen molar-refractivity contribution in [3.8, 4) is 11.5 Å². The first-order valence-corrected chi connectivity index (χ1v) is 12.6. The third kappa shape index (κ3) is 3.96. The highest BCUT2D eigenvalue weighted by Gasteiger charge is 2.67. The number of benzene rings is 2. The molecule has 0 spiro atoms. The van der Waals surface area contributed by atoms with Gasteiger partial charge in [-0.1, -0.05) is 29.8 Å². The summed E-state index contributed by atoms with van der Waals surface area (Å²) in [6.07, 6.45) is 5.16. The zero-order chi connectivity index (χ0) is 26.7. The maximum atomic E-state index is 13.0. The number of allylic oxidation sites excluding steroid dienone is 2. The molecule has 4 aliphatic carbocycles. The van der Waals surface area contributed by atoms with E-state index in [1.54, 1.807) is 0 Å². The fourth-order valence-corrected chi connectivity index (χ4v) is 6.36. The number of Topliss-reactive ketones (excluding diaryl/α,β-unsaturated/α-hetero) is 1. The Morgan fingerprint density at radius 3 is 2.24 bits per heavy atom. The minimum atomic E-state index is -0.838. The van der Waals surface area contributed by atoms with Crippen LogP contribution in [0.5, 0.6) is 11.5 Å². The highest BCUT2D eigenvalue weighted by molar-refractivity contribution is 6.32. The minimum absolute atomic E-state index is 0.0567. The number of nitro groups is 1. The Morgan fingerprint density at radius 2 is 1.63 bits per heavy atom. The van der Waals surface area contributed by atoms with Gasteiger partial charge in [-0.2, -0.15) is 0 Å². The van der Waals surface area contributed by atoms with Gasteiger partial charge in [-0.3, -0.25) is 34.2 Å². The fraction of sp³-hybridized carbons (Fsp3) is 0.333. The molecule has 0 aromatic heterocycles. The van der Waals surface area contributed by atoms with E-state index < -0.39 is 41.7 Å². The van der Waals surface area contributed by atoms with E-state index in [0.717, 1.165) is 11.3 Å². The van der Waals surface area contributed by atoms with Gasteiger partial charge in [-0.15, -0.1) is 0 Å². The molecule has 11 heteroatoms. The van der Waals surface area contributed by atoms with E-state index in [4.69, 9.17) is 21.1 Å². The van der Waals surface area contributed by atoms with Crippen molar-refractivity contribution in [3.05, 3.63) is 75.3 Å². The van der Waals surface area contributed by atoms with Crippen LogP contribution in [0.2, 0.25) is 5.02 Å². The van der Waals surface area contributed by atoms with E-state index in [-0.39, 0.29) is 51.4 Å². The molecule has 2 saturated carbocycles. The van der Waals surface area contributed by atoms with E-state index in [9.17, 15) is 29.3 Å². The number of halogens is 1. The first-order valence-electron chi connectivity index (χ1n) is 12.2. The number of rotatable bonds is 8. The molecule has 0 N–H and O–H groups in total. The van der Waals surface area contributed by atoms with Gasteiger partial charge in [0, 0.05) is 11.6 Å². The van der Waals surface area contributed by atoms with E-state index in [2.05, 4.69) is 12.2 Å².